The van der Waals surface area contributed by atoms with Gasteiger partial charge in [0.2, 0.25) is 5.91 Å². The third-order valence-electron chi connectivity index (χ3n) is 2.00. The standard InChI is InChI=1S/C10H14N4O3/c1-11-9(15)5-6-12-8-4-3-7(13-14-8)10(16)17-2/h3-4H,5-6H2,1-2H3,(H,11,15)(H,12,14). The molecule has 0 saturated heterocycles. The first kappa shape index (κ1) is 12.9. The fourth-order valence-corrected chi connectivity index (χ4v) is 1.07. The molecule has 0 saturated carbocycles. The van der Waals surface area contributed by atoms with E-state index in [1.807, 2.05) is 0 Å². The number of rotatable bonds is 5. The number of hydrogen-bond donors (Lipinski definition) is 2. The maximum atomic E-state index is 11.1. The topological polar surface area (TPSA) is 93.2 Å². The number of carbonyl (C=O) groups excluding carboxylic acids is 2. The Bertz CT molecular complexity index is 391. The molecule has 7 heteroatoms. The highest BCUT2D eigenvalue weighted by Gasteiger charge is 2.07. The van der Waals surface area contributed by atoms with Crippen molar-refractivity contribution in [2.45, 2.75) is 6.42 Å². The van der Waals surface area contributed by atoms with Crippen molar-refractivity contribution in [3.63, 3.8) is 0 Å². The van der Waals surface area contributed by atoms with Crippen LogP contribution in [-0.2, 0) is 9.53 Å². The van der Waals surface area contributed by atoms with Crippen LogP contribution in [0.2, 0.25) is 0 Å². The molecular formula is C10H14N4O3. The lowest BCUT2D eigenvalue weighted by molar-refractivity contribution is -0.120. The molecule has 92 valence electrons. The van der Waals surface area contributed by atoms with Gasteiger partial charge in [-0.3, -0.25) is 4.79 Å². The number of methoxy groups -OCH3 is 1. The third kappa shape index (κ3) is 4.06. The van der Waals surface area contributed by atoms with E-state index in [0.29, 0.717) is 18.8 Å². The van der Waals surface area contributed by atoms with Crippen molar-refractivity contribution in [1.29, 1.82) is 0 Å². The smallest absolute Gasteiger partial charge is 0.358 e. The zero-order chi connectivity index (χ0) is 12.7. The number of amides is 1. The maximum absolute atomic E-state index is 11.1. The number of aromatic nitrogens is 2. The summed E-state index contributed by atoms with van der Waals surface area (Å²) in [6, 6.07) is 3.10. The zero-order valence-corrected chi connectivity index (χ0v) is 9.69. The van der Waals surface area contributed by atoms with Crippen molar-refractivity contribution in [3.05, 3.63) is 17.8 Å². The number of hydrogen-bond acceptors (Lipinski definition) is 6. The van der Waals surface area contributed by atoms with Crippen molar-refractivity contribution in [2.75, 3.05) is 26.0 Å². The monoisotopic (exact) mass is 238 g/mol. The van der Waals surface area contributed by atoms with Crippen LogP contribution in [0.3, 0.4) is 0 Å². The van der Waals surface area contributed by atoms with E-state index in [2.05, 4.69) is 25.6 Å². The summed E-state index contributed by atoms with van der Waals surface area (Å²) < 4.78 is 4.49. The highest BCUT2D eigenvalue weighted by molar-refractivity contribution is 5.86. The van der Waals surface area contributed by atoms with Gasteiger partial charge in [0.05, 0.1) is 7.11 Å². The zero-order valence-electron chi connectivity index (χ0n) is 9.69. The lowest BCUT2D eigenvalue weighted by Crippen LogP contribution is -2.21. The molecule has 0 spiro atoms. The summed E-state index contributed by atoms with van der Waals surface area (Å²) in [4.78, 5) is 22.0. The molecule has 1 rings (SSSR count). The van der Waals surface area contributed by atoms with Crippen LogP contribution in [0.4, 0.5) is 5.82 Å². The SMILES string of the molecule is CNC(=O)CCNc1ccc(C(=O)OC)nn1. The molecule has 1 aromatic rings. The molecule has 0 aliphatic rings. The first-order valence-electron chi connectivity index (χ1n) is 5.04. The van der Waals surface area contributed by atoms with Gasteiger partial charge in [0.1, 0.15) is 5.82 Å². The van der Waals surface area contributed by atoms with Crippen LogP contribution in [0.15, 0.2) is 12.1 Å². The second-order valence-electron chi connectivity index (χ2n) is 3.15. The van der Waals surface area contributed by atoms with Crippen molar-refractivity contribution in [1.82, 2.24) is 15.5 Å². The second kappa shape index (κ2) is 6.41. The molecule has 2 N–H and O–H groups in total. The third-order valence-corrected chi connectivity index (χ3v) is 2.00. The van der Waals surface area contributed by atoms with Crippen LogP contribution >= 0.6 is 0 Å². The predicted octanol–water partition coefficient (Wildman–Crippen LogP) is -0.189. The van der Waals surface area contributed by atoms with Crippen LogP contribution in [0.5, 0.6) is 0 Å². The molecule has 0 radical (unpaired) electrons. The van der Waals surface area contributed by atoms with Gasteiger partial charge < -0.3 is 15.4 Å². The van der Waals surface area contributed by atoms with Gasteiger partial charge in [-0.05, 0) is 12.1 Å². The molecule has 0 aromatic carbocycles. The average molecular weight is 238 g/mol. The summed E-state index contributed by atoms with van der Waals surface area (Å²) >= 11 is 0. The van der Waals surface area contributed by atoms with E-state index in [4.69, 9.17) is 0 Å². The van der Waals surface area contributed by atoms with Crippen molar-refractivity contribution in [2.24, 2.45) is 0 Å². The van der Waals surface area contributed by atoms with Gasteiger partial charge in [-0.15, -0.1) is 10.2 Å². The first-order valence-corrected chi connectivity index (χ1v) is 5.04. The fraction of sp³-hybridized carbons (Fsp3) is 0.400. The molecule has 1 amide bonds. The summed E-state index contributed by atoms with van der Waals surface area (Å²) in [6.07, 6.45) is 0.344. The average Bonchev–Trinajstić information content (AvgIpc) is 2.38. The predicted molar refractivity (Wildman–Crippen MR) is 60.5 cm³/mol. The van der Waals surface area contributed by atoms with Crippen molar-refractivity contribution < 1.29 is 14.3 Å². The van der Waals surface area contributed by atoms with E-state index < -0.39 is 5.97 Å². The Kier molecular flexibility index (Phi) is 4.86. The van der Waals surface area contributed by atoms with Crippen LogP contribution < -0.4 is 10.6 Å². The van der Waals surface area contributed by atoms with Crippen LogP contribution in [0, 0.1) is 0 Å². The highest BCUT2D eigenvalue weighted by atomic mass is 16.5. The van der Waals surface area contributed by atoms with Crippen LogP contribution in [0.1, 0.15) is 16.9 Å². The Morgan fingerprint density at radius 2 is 2.12 bits per heavy atom. The number of esters is 1. The largest absolute Gasteiger partial charge is 0.464 e. The van der Waals surface area contributed by atoms with Crippen LogP contribution in [-0.4, -0.2) is 42.8 Å². The number of anilines is 1. The second-order valence-corrected chi connectivity index (χ2v) is 3.15. The Morgan fingerprint density at radius 3 is 2.65 bits per heavy atom. The first-order chi connectivity index (χ1) is 8.17. The number of nitrogens with zero attached hydrogens (tertiary/aromatic N) is 2. The van der Waals surface area contributed by atoms with E-state index in [-0.39, 0.29) is 11.6 Å². The molecule has 17 heavy (non-hydrogen) atoms. The summed E-state index contributed by atoms with van der Waals surface area (Å²) in [5.41, 5.74) is 0.143. The molecular weight excluding hydrogens is 224 g/mol. The van der Waals surface area contributed by atoms with E-state index in [1.54, 1.807) is 13.1 Å². The molecule has 0 bridgehead atoms. The van der Waals surface area contributed by atoms with Gasteiger partial charge in [0.25, 0.3) is 0 Å². The highest BCUT2D eigenvalue weighted by Crippen LogP contribution is 2.02. The molecule has 1 heterocycles. The summed E-state index contributed by atoms with van der Waals surface area (Å²) in [5, 5.41) is 12.9. The number of ether oxygens (including phenoxy) is 1. The van der Waals surface area contributed by atoms with E-state index in [9.17, 15) is 9.59 Å². The Labute approximate surface area is 98.6 Å². The Hall–Kier alpha value is -2.18. The van der Waals surface area contributed by atoms with E-state index in [0.717, 1.165) is 0 Å². The molecule has 1 aromatic heterocycles. The summed E-state index contributed by atoms with van der Waals surface area (Å²) in [5.74, 6) is -0.0902. The molecule has 0 unspecified atom stereocenters. The quantitative estimate of drug-likeness (QED) is 0.691. The van der Waals surface area contributed by atoms with Gasteiger partial charge in [-0.25, -0.2) is 4.79 Å². The Balaban J connectivity index is 2.46. The minimum Gasteiger partial charge on any atom is -0.464 e. The minimum absolute atomic E-state index is 0.0587. The number of nitrogens with one attached hydrogen (secondary N) is 2. The molecule has 0 aliphatic carbocycles. The summed E-state index contributed by atoms with van der Waals surface area (Å²) in [7, 11) is 2.85. The Morgan fingerprint density at radius 1 is 1.35 bits per heavy atom. The van der Waals surface area contributed by atoms with Gasteiger partial charge in [0, 0.05) is 20.0 Å². The minimum atomic E-state index is -0.533. The maximum Gasteiger partial charge on any atom is 0.358 e. The van der Waals surface area contributed by atoms with Gasteiger partial charge >= 0.3 is 5.97 Å². The van der Waals surface area contributed by atoms with E-state index >= 15 is 0 Å². The van der Waals surface area contributed by atoms with Gasteiger partial charge in [-0.1, -0.05) is 0 Å². The lowest BCUT2D eigenvalue weighted by atomic mass is 10.3. The number of carbonyl (C=O) groups is 2. The van der Waals surface area contributed by atoms with E-state index in [1.165, 1.54) is 13.2 Å². The van der Waals surface area contributed by atoms with Gasteiger partial charge in [-0.2, -0.15) is 0 Å². The van der Waals surface area contributed by atoms with Crippen molar-refractivity contribution >= 4 is 17.7 Å². The normalized spacial score (nSPS) is 9.53. The van der Waals surface area contributed by atoms with Gasteiger partial charge in [0.15, 0.2) is 5.69 Å². The molecule has 7 nitrogen and oxygen atoms in total. The van der Waals surface area contributed by atoms with Crippen molar-refractivity contribution in [3.8, 4) is 0 Å². The molecule has 0 fully saturated rings. The molecule has 0 atom stereocenters. The molecule has 0 aliphatic heterocycles. The lowest BCUT2D eigenvalue weighted by Gasteiger charge is -2.04. The van der Waals surface area contributed by atoms with Crippen LogP contribution in [0.25, 0.3) is 0 Å². The fourth-order valence-electron chi connectivity index (χ4n) is 1.07. The summed E-state index contributed by atoms with van der Waals surface area (Å²) in [6.45, 7) is 0.450.